The highest BCUT2D eigenvalue weighted by Gasteiger charge is 2.37. The lowest BCUT2D eigenvalue weighted by Gasteiger charge is -2.16. The van der Waals surface area contributed by atoms with Crippen LogP contribution in [-0.2, 0) is 18.0 Å². The van der Waals surface area contributed by atoms with E-state index in [1.54, 1.807) is 59.2 Å². The van der Waals surface area contributed by atoms with Crippen LogP contribution in [0.1, 0.15) is 43.5 Å². The predicted octanol–water partition coefficient (Wildman–Crippen LogP) is 3.91. The summed E-state index contributed by atoms with van der Waals surface area (Å²) in [6.07, 6.45) is 0. The number of imide groups is 1. The molecule has 6 rings (SSSR count). The summed E-state index contributed by atoms with van der Waals surface area (Å²) < 4.78 is 1.66. The van der Waals surface area contributed by atoms with Crippen molar-refractivity contribution in [3.63, 3.8) is 0 Å². The zero-order valence-corrected chi connectivity index (χ0v) is 19.6. The molecular formula is C25H15ClN6O5. The first-order valence-electron chi connectivity index (χ1n) is 11.1. The Labute approximate surface area is 213 Å². The molecule has 0 spiro atoms. The lowest BCUT2D eigenvalue weighted by Crippen LogP contribution is -2.30. The molecule has 11 nitrogen and oxygen atoms in total. The fourth-order valence-electron chi connectivity index (χ4n) is 4.38. The Hall–Kier alpha value is -4.74. The number of nitro groups is 1. The fourth-order valence-corrected chi connectivity index (χ4v) is 4.60. The van der Waals surface area contributed by atoms with Gasteiger partial charge in [0.05, 0.1) is 27.4 Å². The molecule has 37 heavy (non-hydrogen) atoms. The molecule has 0 atom stereocenters. The predicted molar refractivity (Wildman–Crippen MR) is 131 cm³/mol. The van der Waals surface area contributed by atoms with Gasteiger partial charge in [0.2, 0.25) is 0 Å². The number of carbonyl (C=O) groups is 2. The molecule has 0 radical (unpaired) electrons. The minimum absolute atomic E-state index is 0.100. The van der Waals surface area contributed by atoms with Gasteiger partial charge < -0.3 is 0 Å². The molecule has 2 amide bonds. The van der Waals surface area contributed by atoms with Crippen LogP contribution in [0.2, 0.25) is 5.02 Å². The molecule has 0 fully saturated rings. The van der Waals surface area contributed by atoms with Gasteiger partial charge in [-0.3, -0.25) is 34.1 Å². The van der Waals surface area contributed by atoms with E-state index in [4.69, 9.17) is 16.4 Å². The van der Waals surface area contributed by atoms with Crippen LogP contribution in [0.15, 0.2) is 71.7 Å². The zero-order valence-electron chi connectivity index (χ0n) is 18.9. The first kappa shape index (κ1) is 22.7. The summed E-state index contributed by atoms with van der Waals surface area (Å²) in [6.45, 7) is -0.167. The third-order valence-corrected chi connectivity index (χ3v) is 6.40. The van der Waals surface area contributed by atoms with E-state index in [9.17, 15) is 19.7 Å². The summed E-state index contributed by atoms with van der Waals surface area (Å²) in [5, 5.41) is 21.1. The molecule has 1 aromatic heterocycles. The fraction of sp³-hybridized carbons (Fsp3) is 0.0800. The summed E-state index contributed by atoms with van der Waals surface area (Å²) in [4.78, 5) is 46.7. The topological polar surface area (TPSA) is 133 Å². The summed E-state index contributed by atoms with van der Waals surface area (Å²) in [5.41, 5.74) is 2.41. The van der Waals surface area contributed by atoms with Gasteiger partial charge >= 0.3 is 0 Å². The van der Waals surface area contributed by atoms with E-state index in [-0.39, 0.29) is 35.8 Å². The van der Waals surface area contributed by atoms with Crippen LogP contribution in [0.3, 0.4) is 0 Å². The van der Waals surface area contributed by atoms with Crippen molar-refractivity contribution < 1.29 is 19.3 Å². The van der Waals surface area contributed by atoms with Crippen molar-refractivity contribution in [1.82, 2.24) is 19.8 Å². The smallest absolute Gasteiger partial charge is 0.279 e. The Morgan fingerprint density at radius 2 is 1.59 bits per heavy atom. The lowest BCUT2D eigenvalue weighted by atomic mass is 9.99. The van der Waals surface area contributed by atoms with E-state index >= 15 is 0 Å². The number of nitrogens with zero attached hydrogens (tertiary/aromatic N) is 6. The number of hydrogen-bond donors (Lipinski definition) is 0. The van der Waals surface area contributed by atoms with E-state index in [0.29, 0.717) is 38.4 Å². The second-order valence-electron chi connectivity index (χ2n) is 8.19. The maximum atomic E-state index is 12.7. The highest BCUT2D eigenvalue weighted by Crippen LogP contribution is 2.31. The molecule has 0 saturated carbocycles. The van der Waals surface area contributed by atoms with Gasteiger partial charge in [-0.25, -0.2) is 0 Å². The van der Waals surface area contributed by atoms with E-state index in [0.717, 1.165) is 0 Å². The Balaban J connectivity index is 1.40. The number of aliphatic imine (C=N–C) groups is 1. The lowest BCUT2D eigenvalue weighted by molar-refractivity contribution is -0.384. The van der Waals surface area contributed by atoms with Crippen molar-refractivity contribution in [2.24, 2.45) is 4.99 Å². The van der Waals surface area contributed by atoms with Gasteiger partial charge in [-0.1, -0.05) is 41.9 Å². The molecule has 0 unspecified atom stereocenters. The van der Waals surface area contributed by atoms with Gasteiger partial charge in [-0.05, 0) is 24.3 Å². The third-order valence-electron chi connectivity index (χ3n) is 6.07. The van der Waals surface area contributed by atoms with Crippen LogP contribution in [-0.4, -0.2) is 42.3 Å². The van der Waals surface area contributed by atoms with Crippen LogP contribution in [0.4, 0.5) is 5.69 Å². The minimum atomic E-state index is -0.573. The Morgan fingerprint density at radius 1 is 0.919 bits per heavy atom. The first-order valence-corrected chi connectivity index (χ1v) is 11.4. The standard InChI is InChI=1S/C25H15ClN6O5/c26-19-8-4-3-7-17(19)23-18-11-14(32(35)36)9-10-20(18)30-21(12-27-23)28-29-22(30)13-37-31-24(33)15-5-1-2-6-16(15)25(31)34/h1-11H,12-13H2. The molecule has 0 bridgehead atoms. The van der Waals surface area contributed by atoms with Crippen molar-refractivity contribution in [2.75, 3.05) is 0 Å². The first-order chi connectivity index (χ1) is 17.9. The molecule has 3 heterocycles. The van der Waals surface area contributed by atoms with Gasteiger partial charge in [0, 0.05) is 28.3 Å². The van der Waals surface area contributed by atoms with Crippen LogP contribution in [0.5, 0.6) is 0 Å². The van der Waals surface area contributed by atoms with Gasteiger partial charge in [0.25, 0.3) is 17.5 Å². The molecule has 12 heteroatoms. The molecule has 4 aromatic rings. The van der Waals surface area contributed by atoms with Gasteiger partial charge in [0.1, 0.15) is 13.2 Å². The molecule has 182 valence electrons. The number of nitro benzene ring substituents is 1. The number of aromatic nitrogens is 3. The number of fused-ring (bicyclic) bond motifs is 4. The van der Waals surface area contributed by atoms with Gasteiger partial charge in [0.15, 0.2) is 11.6 Å². The van der Waals surface area contributed by atoms with E-state index < -0.39 is 16.7 Å². The van der Waals surface area contributed by atoms with Gasteiger partial charge in [-0.15, -0.1) is 15.3 Å². The van der Waals surface area contributed by atoms with Crippen molar-refractivity contribution in [1.29, 1.82) is 0 Å². The largest absolute Gasteiger partial charge is 0.285 e. The van der Waals surface area contributed by atoms with Crippen molar-refractivity contribution in [2.45, 2.75) is 13.2 Å². The number of halogens is 1. The molecule has 0 N–H and O–H groups in total. The molecule has 2 aliphatic heterocycles. The summed E-state index contributed by atoms with van der Waals surface area (Å²) in [5.74, 6) is -0.427. The highest BCUT2D eigenvalue weighted by atomic mass is 35.5. The minimum Gasteiger partial charge on any atom is -0.279 e. The van der Waals surface area contributed by atoms with E-state index in [1.165, 1.54) is 12.1 Å². The van der Waals surface area contributed by atoms with Gasteiger partial charge in [-0.2, -0.15) is 0 Å². The Kier molecular flexibility index (Phi) is 5.36. The van der Waals surface area contributed by atoms with E-state index in [2.05, 4.69) is 15.2 Å². The normalized spacial score (nSPS) is 14.1. The number of rotatable bonds is 5. The number of hydrogen-bond acceptors (Lipinski definition) is 8. The summed E-state index contributed by atoms with van der Waals surface area (Å²) in [6, 6.07) is 17.9. The number of amides is 2. The Bertz CT molecular complexity index is 1630. The zero-order chi connectivity index (χ0) is 25.7. The van der Waals surface area contributed by atoms with Crippen LogP contribution in [0.25, 0.3) is 5.69 Å². The SMILES string of the molecule is O=C1c2ccccc2C(=O)N1OCc1nnc2n1-c1ccc([N+](=O)[O-])cc1C(c1ccccc1Cl)=NC2. The van der Waals surface area contributed by atoms with Crippen LogP contribution >= 0.6 is 11.6 Å². The molecular weight excluding hydrogens is 500 g/mol. The second-order valence-corrected chi connectivity index (χ2v) is 8.60. The maximum absolute atomic E-state index is 12.7. The van der Waals surface area contributed by atoms with E-state index in [1.807, 2.05) is 0 Å². The van der Waals surface area contributed by atoms with Crippen LogP contribution in [0, 0.1) is 10.1 Å². The quantitative estimate of drug-likeness (QED) is 0.224. The Morgan fingerprint density at radius 3 is 2.27 bits per heavy atom. The monoisotopic (exact) mass is 514 g/mol. The number of carbonyl (C=O) groups excluding carboxylic acids is 2. The average Bonchev–Trinajstić information content (AvgIpc) is 3.36. The number of benzene rings is 3. The highest BCUT2D eigenvalue weighted by molar-refractivity contribution is 6.35. The number of non-ortho nitro benzene ring substituents is 1. The molecule has 0 aliphatic carbocycles. The number of hydroxylamine groups is 2. The average molecular weight is 515 g/mol. The summed E-state index contributed by atoms with van der Waals surface area (Å²) >= 11 is 6.45. The molecule has 2 aliphatic rings. The van der Waals surface area contributed by atoms with Crippen molar-refractivity contribution in [3.05, 3.63) is 116 Å². The van der Waals surface area contributed by atoms with Crippen LogP contribution < -0.4 is 0 Å². The molecule has 0 saturated heterocycles. The second kappa shape index (κ2) is 8.73. The van der Waals surface area contributed by atoms with Crippen molar-refractivity contribution in [3.8, 4) is 5.69 Å². The third kappa shape index (κ3) is 3.68. The van der Waals surface area contributed by atoms with Crippen molar-refractivity contribution >= 4 is 34.8 Å². The summed E-state index contributed by atoms with van der Waals surface area (Å²) in [7, 11) is 0. The molecule has 3 aromatic carbocycles. The maximum Gasteiger partial charge on any atom is 0.285 e.